The maximum absolute atomic E-state index is 3.38. The van der Waals surface area contributed by atoms with Gasteiger partial charge in [0.15, 0.2) is 0 Å². The van der Waals surface area contributed by atoms with Crippen molar-refractivity contribution in [1.29, 1.82) is 0 Å². The van der Waals surface area contributed by atoms with E-state index in [1.165, 1.54) is 66.1 Å². The molecule has 0 aliphatic heterocycles. The van der Waals surface area contributed by atoms with Gasteiger partial charge in [0.05, 0.1) is 0 Å². The molecule has 0 unspecified atom stereocenters. The van der Waals surface area contributed by atoms with Crippen LogP contribution in [0.3, 0.4) is 0 Å². The molecular weight excluding hydrogens is 814 g/mol. The molecule has 0 aliphatic rings. The summed E-state index contributed by atoms with van der Waals surface area (Å²) in [6, 6.07) is 40.8. The molecule has 0 radical (unpaired) electrons. The van der Waals surface area contributed by atoms with Crippen LogP contribution in [0, 0.1) is 25.7 Å². The van der Waals surface area contributed by atoms with Crippen LogP contribution in [-0.4, -0.2) is 0 Å². The molecule has 6 aromatic carbocycles. The topological polar surface area (TPSA) is 0 Å². The molecule has 6 aromatic rings. The molecule has 0 heterocycles. The zero-order valence-corrected chi connectivity index (χ0v) is 36.6. The number of hydrogen-bond acceptors (Lipinski definition) is 0. The molecule has 0 saturated heterocycles. The molecule has 0 N–H and O–H groups in total. The van der Waals surface area contributed by atoms with E-state index in [0.29, 0.717) is 23.7 Å². The Morgan fingerprint density at radius 1 is 0.500 bits per heavy atom. The summed E-state index contributed by atoms with van der Waals surface area (Å²) in [5.74, 6) is 2.57. The van der Waals surface area contributed by atoms with Crippen LogP contribution in [0.25, 0.3) is 43.8 Å². The van der Waals surface area contributed by atoms with Crippen LogP contribution in [0.1, 0.15) is 95.9 Å². The van der Waals surface area contributed by atoms with Crippen LogP contribution >= 0.6 is 0 Å². The second-order valence-electron chi connectivity index (χ2n) is 14.4. The number of hydrogen-bond donors (Lipinski definition) is 0. The van der Waals surface area contributed by atoms with Gasteiger partial charge in [0.2, 0.25) is 0 Å². The van der Waals surface area contributed by atoms with Gasteiger partial charge in [-0.25, -0.2) is 0 Å². The molecule has 268 valence electrons. The van der Waals surface area contributed by atoms with E-state index in [1.54, 1.807) is 0 Å². The van der Waals surface area contributed by atoms with E-state index in [1.807, 2.05) is 0 Å². The van der Waals surface area contributed by atoms with Gasteiger partial charge >= 0.3 is 0 Å². The van der Waals surface area contributed by atoms with Crippen molar-refractivity contribution >= 4 is 21.5 Å². The molecule has 0 fully saturated rings. The first-order valence-electron chi connectivity index (χ1n) is 17.7. The van der Waals surface area contributed by atoms with Gasteiger partial charge in [-0.15, -0.1) is 69.1 Å². The van der Waals surface area contributed by atoms with Crippen LogP contribution < -0.4 is 24.8 Å². The fourth-order valence-electron chi connectivity index (χ4n) is 6.37. The quantitative estimate of drug-likeness (QED) is 0.107. The van der Waals surface area contributed by atoms with Crippen molar-refractivity contribution in [1.82, 2.24) is 0 Å². The van der Waals surface area contributed by atoms with Gasteiger partial charge in [-0.05, 0) is 58.8 Å². The van der Waals surface area contributed by atoms with E-state index in [2.05, 4.69) is 178 Å². The summed E-state index contributed by atoms with van der Waals surface area (Å²) >= 11 is 0. The van der Waals surface area contributed by atoms with E-state index in [4.69, 9.17) is 0 Å². The van der Waals surface area contributed by atoms with E-state index in [9.17, 15) is 0 Å². The second kappa shape index (κ2) is 21.8. The molecule has 0 saturated carbocycles. The van der Waals surface area contributed by atoms with Crippen molar-refractivity contribution in [2.45, 2.75) is 86.5 Å². The predicted octanol–water partition coefficient (Wildman–Crippen LogP) is 8.15. The Morgan fingerprint density at radius 2 is 0.820 bits per heavy atom. The van der Waals surface area contributed by atoms with Crippen molar-refractivity contribution in [2.24, 2.45) is 11.8 Å². The van der Waals surface area contributed by atoms with Gasteiger partial charge < -0.3 is 45.1 Å². The van der Waals surface area contributed by atoms with Crippen LogP contribution in [0.2, 0.25) is 0 Å². The third kappa shape index (κ3) is 12.4. The normalized spacial score (nSPS) is 10.7. The summed E-state index contributed by atoms with van der Waals surface area (Å²) in [7, 11) is 0. The zero-order valence-electron chi connectivity index (χ0n) is 31.5. The first kappa shape index (κ1) is 45.6. The van der Waals surface area contributed by atoms with Gasteiger partial charge in [0, 0.05) is 25.8 Å². The number of rotatable bonds is 8. The maximum Gasteiger partial charge on any atom is 0 e. The molecule has 0 bridgehead atoms. The van der Waals surface area contributed by atoms with Gasteiger partial charge in [-0.1, -0.05) is 127 Å². The zero-order chi connectivity index (χ0) is 34.1. The minimum atomic E-state index is 0. The molecule has 0 amide bonds. The number of halogens is 2. The third-order valence-electron chi connectivity index (χ3n) is 8.69. The van der Waals surface area contributed by atoms with Crippen molar-refractivity contribution in [2.75, 3.05) is 0 Å². The summed E-state index contributed by atoms with van der Waals surface area (Å²) < 4.78 is 0. The molecule has 0 nitrogen and oxygen atoms in total. The Balaban J connectivity index is 0.000000439. The van der Waals surface area contributed by atoms with Gasteiger partial charge in [-0.2, -0.15) is 12.1 Å². The fraction of sp³-hybridized carbons (Fsp3) is 0.319. The van der Waals surface area contributed by atoms with Crippen molar-refractivity contribution in [3.05, 3.63) is 145 Å². The summed E-state index contributed by atoms with van der Waals surface area (Å²) in [5.41, 5.74) is 11.0. The fourth-order valence-corrected chi connectivity index (χ4v) is 6.37. The standard InChI is InChI=1S/2C22H25.C3H6.2ClH.Hf/c2*1-15(2)12-17-13-20-6-5-7-21(22(20)14-17)19-10-8-18(9-11-19)16(3)4;1-3-2;;;/h2*5-11,13-16H,12H2,1-4H3;1-3H2;2*1H;/q2*-1;-2;;;/p-2. The van der Waals surface area contributed by atoms with Crippen LogP contribution in [0.5, 0.6) is 0 Å². The monoisotopic (exact) mass is 870 g/mol. The van der Waals surface area contributed by atoms with E-state index < -0.39 is 0 Å². The smallest absolute Gasteiger partial charge is 0 e. The van der Waals surface area contributed by atoms with Crippen molar-refractivity contribution in [3.8, 4) is 22.3 Å². The van der Waals surface area contributed by atoms with Gasteiger partial charge in [-0.3, -0.25) is 0 Å². The van der Waals surface area contributed by atoms with Crippen LogP contribution in [-0.2, 0) is 38.7 Å². The second-order valence-corrected chi connectivity index (χ2v) is 14.4. The maximum atomic E-state index is 3.38. The predicted molar refractivity (Wildman–Crippen MR) is 211 cm³/mol. The molecule has 0 atom stereocenters. The number of benzene rings is 4. The molecule has 3 heteroatoms. The average molecular weight is 870 g/mol. The molecule has 0 aromatic heterocycles. The minimum Gasteiger partial charge on any atom is -1.00 e. The third-order valence-corrected chi connectivity index (χ3v) is 8.69. The summed E-state index contributed by atoms with van der Waals surface area (Å²) in [4.78, 5) is 0. The number of fused-ring (bicyclic) bond motifs is 2. The first-order chi connectivity index (χ1) is 22.5. The van der Waals surface area contributed by atoms with Crippen molar-refractivity contribution < 1.29 is 50.7 Å². The Hall–Kier alpha value is -2.45. The molecule has 6 rings (SSSR count). The molecule has 0 aliphatic carbocycles. The van der Waals surface area contributed by atoms with E-state index in [-0.39, 0.29) is 50.7 Å². The largest absolute Gasteiger partial charge is 1.00 e. The van der Waals surface area contributed by atoms with Gasteiger partial charge in [0.1, 0.15) is 0 Å². The summed E-state index contributed by atoms with van der Waals surface area (Å²) in [6.45, 7) is 24.8. The molecule has 0 spiro atoms. The Labute approximate surface area is 335 Å². The Morgan fingerprint density at radius 3 is 1.10 bits per heavy atom. The Kier molecular flexibility index (Phi) is 19.9. The van der Waals surface area contributed by atoms with Crippen LogP contribution in [0.4, 0.5) is 0 Å². The molecular formula is C47H56Cl2Hf-6. The van der Waals surface area contributed by atoms with E-state index in [0.717, 1.165) is 19.3 Å². The summed E-state index contributed by atoms with van der Waals surface area (Å²) in [6.07, 6.45) is 3.06. The van der Waals surface area contributed by atoms with Crippen molar-refractivity contribution in [3.63, 3.8) is 0 Å². The summed E-state index contributed by atoms with van der Waals surface area (Å²) in [5, 5.41) is 5.49. The minimum absolute atomic E-state index is 0. The van der Waals surface area contributed by atoms with Gasteiger partial charge in [0.25, 0.3) is 0 Å². The first-order valence-corrected chi connectivity index (χ1v) is 17.7. The van der Waals surface area contributed by atoms with E-state index >= 15 is 0 Å². The van der Waals surface area contributed by atoms with Crippen LogP contribution in [0.15, 0.2) is 109 Å². The Bertz CT molecular complexity index is 1680. The average Bonchev–Trinajstić information content (AvgIpc) is 3.64. The SMILES string of the molecule is CC(C)Cc1cc2c(-c3ccc(C(C)C)cc3)cccc2[cH-]1.CC(C)Cc1cc2c(-c3ccc(C(C)C)cc3)cccc2[cH-]1.[CH2-]C[CH2-].[Cl-].[Cl-].[Hf]. The molecule has 50 heavy (non-hydrogen) atoms.